The topological polar surface area (TPSA) is 134 Å². The van der Waals surface area contributed by atoms with Crippen LogP contribution in [-0.4, -0.2) is 59.5 Å². The van der Waals surface area contributed by atoms with E-state index in [9.17, 15) is 13.7 Å². The van der Waals surface area contributed by atoms with Gasteiger partial charge in [-0.15, -0.1) is 0 Å². The Morgan fingerprint density at radius 3 is 0.786 bits per heavy atom. The van der Waals surface area contributed by atoms with Gasteiger partial charge in [0.05, 0.1) is 59.5 Å². The zero-order valence-electron chi connectivity index (χ0n) is 14.7. The van der Waals surface area contributed by atoms with E-state index in [1.807, 2.05) is 0 Å². The van der Waals surface area contributed by atoms with Crippen LogP contribution in [0, 0.1) is 22.2 Å². The molecule has 12 nitrogen and oxygen atoms in total. The average Bonchev–Trinajstić information content (AvgIpc) is 2.72. The molecule has 0 N–H and O–H groups in total. The van der Waals surface area contributed by atoms with E-state index in [-0.39, 0.29) is 59.5 Å². The molecule has 0 radical (unpaired) electrons. The van der Waals surface area contributed by atoms with Crippen molar-refractivity contribution in [3.63, 3.8) is 0 Å². The maximum absolute atomic E-state index is 12.3. The van der Waals surface area contributed by atoms with Crippen LogP contribution in [0.25, 0.3) is 0 Å². The number of phosphoric ester groups is 3. The van der Waals surface area contributed by atoms with Gasteiger partial charge in [0.25, 0.3) is 0 Å². The highest BCUT2D eigenvalue weighted by Gasteiger charge is 2.71. The summed E-state index contributed by atoms with van der Waals surface area (Å²) in [6.07, 6.45) is 0. The maximum atomic E-state index is 12.3. The molecule has 0 aromatic heterocycles. The summed E-state index contributed by atoms with van der Waals surface area (Å²) in [4.78, 5) is 0. The van der Waals surface area contributed by atoms with Crippen molar-refractivity contribution in [1.29, 1.82) is 0 Å². The van der Waals surface area contributed by atoms with Crippen LogP contribution < -0.4 is 0 Å². The van der Waals surface area contributed by atoms with Crippen LogP contribution in [0.15, 0.2) is 0 Å². The fraction of sp³-hybridized carbons (Fsp3) is 1.00. The Morgan fingerprint density at radius 2 is 0.607 bits per heavy atom. The molecule has 0 aromatic rings. The van der Waals surface area contributed by atoms with Crippen LogP contribution in [0.4, 0.5) is 0 Å². The van der Waals surface area contributed by atoms with Crippen LogP contribution in [0.5, 0.6) is 0 Å². The zero-order chi connectivity index (χ0) is 19.3. The molecular formula is C13H19O12P3. The van der Waals surface area contributed by atoms with Crippen molar-refractivity contribution < 1.29 is 54.4 Å². The van der Waals surface area contributed by atoms with E-state index < -0.39 is 45.6 Å². The van der Waals surface area contributed by atoms with Crippen molar-refractivity contribution in [3.8, 4) is 0 Å². The van der Waals surface area contributed by atoms with Gasteiger partial charge in [-0.25, -0.2) is 13.7 Å². The first-order chi connectivity index (χ1) is 13.2. The summed E-state index contributed by atoms with van der Waals surface area (Å²) in [7, 11) is -10.6. The normalized spacial score (nSPS) is 58.7. The molecule has 9 saturated heterocycles. The molecule has 9 aliphatic rings. The highest BCUT2D eigenvalue weighted by atomic mass is 31.2. The van der Waals surface area contributed by atoms with E-state index in [1.165, 1.54) is 0 Å². The molecule has 0 saturated carbocycles. The van der Waals surface area contributed by atoms with Crippen molar-refractivity contribution in [3.05, 3.63) is 0 Å². The number of phosphoric acid groups is 3. The lowest BCUT2D eigenvalue weighted by Crippen LogP contribution is -2.69. The Bertz CT molecular complexity index is 654. The van der Waals surface area contributed by atoms with Gasteiger partial charge in [-0.05, 0) is 5.92 Å². The second kappa shape index (κ2) is 5.76. The smallest absolute Gasteiger partial charge is 0.286 e. The second-order valence-corrected chi connectivity index (χ2v) is 13.3. The van der Waals surface area contributed by atoms with Crippen LogP contribution >= 0.6 is 23.5 Å². The molecule has 0 amide bonds. The van der Waals surface area contributed by atoms with Gasteiger partial charge in [-0.2, -0.15) is 0 Å². The van der Waals surface area contributed by atoms with Crippen molar-refractivity contribution in [2.45, 2.75) is 0 Å². The van der Waals surface area contributed by atoms with E-state index >= 15 is 0 Å². The standard InChI is InChI=1S/C13H19O12P3/c14-26-17-1-11(2-18-26,3-19-26)10(12-4-20-27(15,21-5-12)22-6-12)13-7-23-28(16,24-8-13)25-9-13/h10H,1-9H2. The van der Waals surface area contributed by atoms with Gasteiger partial charge in [-0.1, -0.05) is 0 Å². The second-order valence-electron chi connectivity index (χ2n) is 8.32. The molecule has 158 valence electrons. The van der Waals surface area contributed by atoms with Crippen LogP contribution in [-0.2, 0) is 54.4 Å². The van der Waals surface area contributed by atoms with E-state index in [2.05, 4.69) is 0 Å². The molecule has 9 rings (SSSR count). The van der Waals surface area contributed by atoms with Crippen molar-refractivity contribution >= 4 is 23.5 Å². The Morgan fingerprint density at radius 1 is 0.429 bits per heavy atom. The minimum atomic E-state index is -3.53. The molecule has 15 heteroatoms. The lowest BCUT2D eigenvalue weighted by atomic mass is 9.52. The molecule has 0 aliphatic carbocycles. The number of hydrogen-bond acceptors (Lipinski definition) is 12. The lowest BCUT2D eigenvalue weighted by Gasteiger charge is -2.63. The molecule has 9 aliphatic heterocycles. The van der Waals surface area contributed by atoms with E-state index in [4.69, 9.17) is 40.7 Å². The molecule has 9 fully saturated rings. The van der Waals surface area contributed by atoms with Crippen LogP contribution in [0.3, 0.4) is 0 Å². The molecule has 0 spiro atoms. The molecule has 28 heavy (non-hydrogen) atoms. The highest BCUT2D eigenvalue weighted by Crippen LogP contribution is 2.73. The Balaban J connectivity index is 1.44. The van der Waals surface area contributed by atoms with Gasteiger partial charge < -0.3 is 0 Å². The Hall–Kier alpha value is 0.330. The van der Waals surface area contributed by atoms with Crippen LogP contribution in [0.1, 0.15) is 0 Å². The zero-order valence-corrected chi connectivity index (χ0v) is 17.4. The summed E-state index contributed by atoms with van der Waals surface area (Å²) in [6, 6.07) is 0. The third-order valence-electron chi connectivity index (χ3n) is 6.43. The number of rotatable bonds is 3. The number of fused-ring (bicyclic) bond motifs is 9. The fourth-order valence-corrected chi connectivity index (χ4v) is 9.69. The van der Waals surface area contributed by atoms with Gasteiger partial charge in [0.1, 0.15) is 0 Å². The summed E-state index contributed by atoms with van der Waals surface area (Å²) < 4.78 is 85.7. The molecule has 9 heterocycles. The van der Waals surface area contributed by atoms with Crippen molar-refractivity contribution in [2.24, 2.45) is 22.2 Å². The third-order valence-corrected chi connectivity index (χ3v) is 10.4. The molecule has 0 atom stereocenters. The van der Waals surface area contributed by atoms with Gasteiger partial charge in [-0.3, -0.25) is 40.7 Å². The fourth-order valence-electron chi connectivity index (χ4n) is 5.28. The molecule has 0 aromatic carbocycles. The minimum absolute atomic E-state index is 0.119. The Kier molecular flexibility index (Phi) is 3.92. The molecular weight excluding hydrogens is 441 g/mol. The predicted molar refractivity (Wildman–Crippen MR) is 87.2 cm³/mol. The predicted octanol–water partition coefficient (Wildman–Crippen LogP) is 2.12. The summed E-state index contributed by atoms with van der Waals surface area (Å²) in [6.45, 7) is 1.07. The summed E-state index contributed by atoms with van der Waals surface area (Å²) in [5.41, 5.74) is -2.26. The first-order valence-electron chi connectivity index (χ1n) is 8.84. The highest BCUT2D eigenvalue weighted by molar-refractivity contribution is 7.49. The van der Waals surface area contributed by atoms with E-state index in [0.717, 1.165) is 0 Å². The SMILES string of the molecule is O=P12OCC(C(C34COP(=O)(OC3)OC4)C34COP(=O)(OC3)OC4)(CO1)CO2. The van der Waals surface area contributed by atoms with Crippen molar-refractivity contribution in [2.75, 3.05) is 59.5 Å². The first kappa shape index (κ1) is 19.0. The van der Waals surface area contributed by atoms with Gasteiger partial charge in [0, 0.05) is 16.2 Å². The number of hydrogen-bond donors (Lipinski definition) is 0. The summed E-state index contributed by atoms with van der Waals surface area (Å²) >= 11 is 0. The first-order valence-corrected chi connectivity index (χ1v) is 13.2. The van der Waals surface area contributed by atoms with E-state index in [1.54, 1.807) is 0 Å². The molecule has 0 unspecified atom stereocenters. The largest absolute Gasteiger partial charge is 0.474 e. The summed E-state index contributed by atoms with van der Waals surface area (Å²) in [5, 5.41) is 0. The summed E-state index contributed by atoms with van der Waals surface area (Å²) in [5.74, 6) is -0.398. The monoisotopic (exact) mass is 460 g/mol. The van der Waals surface area contributed by atoms with Crippen molar-refractivity contribution in [1.82, 2.24) is 0 Å². The van der Waals surface area contributed by atoms with Gasteiger partial charge in [0.2, 0.25) is 0 Å². The Labute approximate surface area is 160 Å². The molecule has 6 bridgehead atoms. The average molecular weight is 460 g/mol. The lowest BCUT2D eigenvalue weighted by molar-refractivity contribution is -0.259. The maximum Gasteiger partial charge on any atom is 0.474 e. The van der Waals surface area contributed by atoms with Crippen LogP contribution in [0.2, 0.25) is 0 Å². The minimum Gasteiger partial charge on any atom is -0.286 e. The third kappa shape index (κ3) is 2.55. The van der Waals surface area contributed by atoms with Gasteiger partial charge in [0.15, 0.2) is 0 Å². The van der Waals surface area contributed by atoms with E-state index in [0.29, 0.717) is 0 Å². The quantitative estimate of drug-likeness (QED) is 0.571. The van der Waals surface area contributed by atoms with Gasteiger partial charge >= 0.3 is 23.5 Å².